The first-order valence-electron chi connectivity index (χ1n) is 9.10. The van der Waals surface area contributed by atoms with E-state index in [2.05, 4.69) is 26.0 Å². The van der Waals surface area contributed by atoms with Crippen LogP contribution in [0.25, 0.3) is 0 Å². The van der Waals surface area contributed by atoms with Gasteiger partial charge in [0.25, 0.3) is 5.91 Å². The molecule has 2 aliphatic heterocycles. The van der Waals surface area contributed by atoms with Crippen molar-refractivity contribution < 1.29 is 9.59 Å². The third-order valence-corrected chi connectivity index (χ3v) is 5.89. The Balaban J connectivity index is 0.00000225. The van der Waals surface area contributed by atoms with Crippen LogP contribution >= 0.6 is 24.2 Å². The lowest BCUT2D eigenvalue weighted by Gasteiger charge is -2.19. The number of aryl methyl sites for hydroxylation is 1. The molecule has 4 rings (SSSR count). The van der Waals surface area contributed by atoms with Gasteiger partial charge in [0.15, 0.2) is 5.82 Å². The van der Waals surface area contributed by atoms with Gasteiger partial charge in [-0.25, -0.2) is 4.68 Å². The smallest absolute Gasteiger partial charge is 0.258 e. The molecule has 0 atom stereocenters. The second-order valence-electron chi connectivity index (χ2n) is 6.75. The van der Waals surface area contributed by atoms with Crippen LogP contribution in [-0.4, -0.2) is 45.4 Å². The molecule has 0 spiro atoms. The van der Waals surface area contributed by atoms with Gasteiger partial charge in [0.1, 0.15) is 0 Å². The van der Waals surface area contributed by atoms with E-state index < -0.39 is 0 Å². The van der Waals surface area contributed by atoms with Crippen LogP contribution in [0.3, 0.4) is 0 Å². The molecular formula is C18H23ClN6O2S. The first kappa shape index (κ1) is 20.6. The summed E-state index contributed by atoms with van der Waals surface area (Å²) in [4.78, 5) is 30.0. The molecule has 2 amide bonds. The molecule has 2 aliphatic rings. The molecule has 1 fully saturated rings. The largest absolute Gasteiger partial charge is 0.325 e. The topological polar surface area (TPSA) is 101 Å². The first-order chi connectivity index (χ1) is 13.1. The number of thioether (sulfide) groups is 1. The number of hydrogen-bond acceptors (Lipinski definition) is 6. The number of anilines is 2. The Morgan fingerprint density at radius 3 is 2.89 bits per heavy atom. The Bertz CT molecular complexity index is 881. The van der Waals surface area contributed by atoms with Crippen molar-refractivity contribution in [3.05, 3.63) is 29.6 Å². The van der Waals surface area contributed by atoms with Crippen molar-refractivity contribution in [2.75, 3.05) is 29.5 Å². The van der Waals surface area contributed by atoms with Crippen molar-refractivity contribution in [3.8, 4) is 0 Å². The molecule has 0 saturated carbocycles. The lowest BCUT2D eigenvalue weighted by Crippen LogP contribution is -2.27. The second-order valence-corrected chi connectivity index (χ2v) is 7.89. The Morgan fingerprint density at radius 2 is 2.11 bits per heavy atom. The summed E-state index contributed by atoms with van der Waals surface area (Å²) >= 11 is 1.61. The van der Waals surface area contributed by atoms with E-state index in [4.69, 9.17) is 0 Å². The summed E-state index contributed by atoms with van der Waals surface area (Å²) in [6.45, 7) is 1.92. The summed E-state index contributed by atoms with van der Waals surface area (Å²) in [5, 5.41) is 13.5. The standard InChI is InChI=1S/C18H22N6O2S.ClH/c1-24-18(21-16(23-24)11-4-7-19-8-5-11)22-17(26)12-2-3-14-13(10-12)20-15(25)6-9-27-14;/h2-3,10-11,19H,4-9H2,1H3,(H,20,25)(H,21,22,23,26);1H. The van der Waals surface area contributed by atoms with Crippen LogP contribution in [0, 0.1) is 0 Å². The monoisotopic (exact) mass is 422 g/mol. The summed E-state index contributed by atoms with van der Waals surface area (Å²) in [6.07, 6.45) is 2.47. The van der Waals surface area contributed by atoms with E-state index in [0.717, 1.165) is 42.4 Å². The van der Waals surface area contributed by atoms with Crippen molar-refractivity contribution in [2.24, 2.45) is 7.05 Å². The number of rotatable bonds is 3. The average molecular weight is 423 g/mol. The summed E-state index contributed by atoms with van der Waals surface area (Å²) in [6, 6.07) is 5.35. The number of hydrogen-bond donors (Lipinski definition) is 3. The molecule has 1 aromatic carbocycles. The van der Waals surface area contributed by atoms with Crippen molar-refractivity contribution in [1.82, 2.24) is 20.1 Å². The molecule has 1 saturated heterocycles. The molecule has 8 nitrogen and oxygen atoms in total. The highest BCUT2D eigenvalue weighted by Crippen LogP contribution is 2.31. The first-order valence-corrected chi connectivity index (χ1v) is 10.1. The Hall–Kier alpha value is -2.10. The van der Waals surface area contributed by atoms with Crippen molar-refractivity contribution in [3.63, 3.8) is 0 Å². The van der Waals surface area contributed by atoms with E-state index in [9.17, 15) is 9.59 Å². The summed E-state index contributed by atoms with van der Waals surface area (Å²) in [5.74, 6) is 1.97. The normalized spacial score (nSPS) is 17.1. The van der Waals surface area contributed by atoms with E-state index >= 15 is 0 Å². The van der Waals surface area contributed by atoms with Crippen LogP contribution in [0.5, 0.6) is 0 Å². The molecule has 28 heavy (non-hydrogen) atoms. The predicted molar refractivity (Wildman–Crippen MR) is 111 cm³/mol. The van der Waals surface area contributed by atoms with Gasteiger partial charge in [0.2, 0.25) is 11.9 Å². The quantitative estimate of drug-likeness (QED) is 0.702. The van der Waals surface area contributed by atoms with E-state index in [1.165, 1.54) is 0 Å². The molecule has 3 N–H and O–H groups in total. The fourth-order valence-electron chi connectivity index (χ4n) is 3.30. The second kappa shape index (κ2) is 8.93. The maximum atomic E-state index is 12.7. The maximum absolute atomic E-state index is 12.7. The number of halogens is 1. The van der Waals surface area contributed by atoms with E-state index in [-0.39, 0.29) is 24.2 Å². The number of amides is 2. The van der Waals surface area contributed by atoms with Crippen LogP contribution in [0.4, 0.5) is 11.6 Å². The number of carbonyl (C=O) groups is 2. The lowest BCUT2D eigenvalue weighted by molar-refractivity contribution is -0.115. The van der Waals surface area contributed by atoms with Crippen LogP contribution in [0.2, 0.25) is 0 Å². The highest BCUT2D eigenvalue weighted by Gasteiger charge is 2.22. The predicted octanol–water partition coefficient (Wildman–Crippen LogP) is 2.39. The van der Waals surface area contributed by atoms with Gasteiger partial charge in [-0.3, -0.25) is 14.9 Å². The molecule has 3 heterocycles. The molecule has 2 aromatic rings. The molecule has 1 aromatic heterocycles. The average Bonchev–Trinajstić information content (AvgIpc) is 2.92. The third-order valence-electron chi connectivity index (χ3n) is 4.81. The van der Waals surface area contributed by atoms with Gasteiger partial charge in [0, 0.05) is 35.6 Å². The van der Waals surface area contributed by atoms with Gasteiger partial charge in [-0.05, 0) is 44.1 Å². The van der Waals surface area contributed by atoms with E-state index in [1.54, 1.807) is 35.6 Å². The van der Waals surface area contributed by atoms with E-state index in [1.807, 2.05) is 6.07 Å². The lowest BCUT2D eigenvalue weighted by atomic mass is 9.98. The van der Waals surface area contributed by atoms with Gasteiger partial charge in [-0.1, -0.05) is 0 Å². The summed E-state index contributed by atoms with van der Waals surface area (Å²) in [7, 11) is 1.78. The van der Waals surface area contributed by atoms with Crippen molar-refractivity contribution in [1.29, 1.82) is 0 Å². The van der Waals surface area contributed by atoms with Gasteiger partial charge in [0.05, 0.1) is 5.69 Å². The molecule has 0 radical (unpaired) electrons. The number of aromatic nitrogens is 3. The van der Waals surface area contributed by atoms with E-state index in [0.29, 0.717) is 29.5 Å². The zero-order valence-electron chi connectivity index (χ0n) is 15.5. The van der Waals surface area contributed by atoms with Crippen LogP contribution in [0.15, 0.2) is 23.1 Å². The van der Waals surface area contributed by atoms with Gasteiger partial charge in [-0.15, -0.1) is 24.2 Å². The minimum atomic E-state index is -0.270. The number of nitrogens with zero attached hydrogens (tertiary/aromatic N) is 3. The van der Waals surface area contributed by atoms with Crippen LogP contribution in [0.1, 0.15) is 41.4 Å². The molecule has 0 aliphatic carbocycles. The van der Waals surface area contributed by atoms with Gasteiger partial charge < -0.3 is 10.6 Å². The Labute approximate surface area is 173 Å². The Morgan fingerprint density at radius 1 is 1.32 bits per heavy atom. The zero-order chi connectivity index (χ0) is 18.8. The highest BCUT2D eigenvalue weighted by atomic mass is 35.5. The maximum Gasteiger partial charge on any atom is 0.258 e. The van der Waals surface area contributed by atoms with Crippen molar-refractivity contribution in [2.45, 2.75) is 30.1 Å². The number of benzene rings is 1. The fraction of sp³-hybridized carbons (Fsp3) is 0.444. The number of piperidine rings is 1. The fourth-order valence-corrected chi connectivity index (χ4v) is 4.24. The highest BCUT2D eigenvalue weighted by molar-refractivity contribution is 7.99. The zero-order valence-corrected chi connectivity index (χ0v) is 17.2. The molecular weight excluding hydrogens is 400 g/mol. The number of nitrogens with one attached hydrogen (secondary N) is 3. The summed E-state index contributed by atoms with van der Waals surface area (Å²) in [5.41, 5.74) is 1.16. The Kier molecular flexibility index (Phi) is 6.58. The third kappa shape index (κ3) is 4.48. The van der Waals surface area contributed by atoms with Gasteiger partial charge >= 0.3 is 0 Å². The number of fused-ring (bicyclic) bond motifs is 1. The summed E-state index contributed by atoms with van der Waals surface area (Å²) < 4.78 is 1.61. The van der Waals surface area contributed by atoms with Crippen LogP contribution in [-0.2, 0) is 11.8 Å². The minimum absolute atomic E-state index is 0. The van der Waals surface area contributed by atoms with Gasteiger partial charge in [-0.2, -0.15) is 10.1 Å². The number of carbonyl (C=O) groups excluding carboxylic acids is 2. The van der Waals surface area contributed by atoms with Crippen molar-refractivity contribution >= 4 is 47.6 Å². The molecule has 150 valence electrons. The molecule has 10 heteroatoms. The molecule has 0 unspecified atom stereocenters. The molecule has 0 bridgehead atoms. The minimum Gasteiger partial charge on any atom is -0.325 e. The SMILES string of the molecule is Cl.Cn1nc(C2CCNCC2)nc1NC(=O)c1ccc2c(c1)NC(=O)CCS2. The van der Waals surface area contributed by atoms with Crippen LogP contribution < -0.4 is 16.0 Å².